The summed E-state index contributed by atoms with van der Waals surface area (Å²) in [5, 5.41) is 49.6. The molecule has 3 saturated heterocycles. The largest absolute Gasteiger partial charge is 0.471 e. The number of aliphatic hydroxyl groups is 5. The predicted molar refractivity (Wildman–Crippen MR) is 85.3 cm³/mol. The van der Waals surface area contributed by atoms with Crippen LogP contribution in [0.15, 0.2) is 11.8 Å². The highest BCUT2D eigenvalue weighted by Crippen LogP contribution is 2.67. The van der Waals surface area contributed by atoms with E-state index in [1.807, 2.05) is 0 Å². The zero-order valence-electron chi connectivity index (χ0n) is 15.2. The third-order valence-electron chi connectivity index (χ3n) is 6.40. The van der Waals surface area contributed by atoms with Crippen molar-refractivity contribution >= 4 is 5.97 Å². The van der Waals surface area contributed by atoms with E-state index in [1.54, 1.807) is 0 Å². The Labute approximate surface area is 164 Å². The molecule has 1 spiro atoms. The van der Waals surface area contributed by atoms with Gasteiger partial charge >= 0.3 is 5.97 Å². The summed E-state index contributed by atoms with van der Waals surface area (Å²) < 4.78 is 32.5. The minimum absolute atomic E-state index is 0.207. The number of hydrogen-bond acceptors (Lipinski definition) is 12. The fourth-order valence-electron chi connectivity index (χ4n) is 4.83. The number of methoxy groups -OCH3 is 1. The Balaban J connectivity index is 1.42. The molecule has 12 nitrogen and oxygen atoms in total. The maximum atomic E-state index is 12.2. The monoisotopic (exact) mass is 418 g/mol. The van der Waals surface area contributed by atoms with Crippen LogP contribution >= 0.6 is 0 Å². The first-order valence-corrected chi connectivity index (χ1v) is 9.26. The van der Waals surface area contributed by atoms with Gasteiger partial charge in [-0.2, -0.15) is 0 Å². The second-order valence-corrected chi connectivity index (χ2v) is 7.80. The summed E-state index contributed by atoms with van der Waals surface area (Å²) in [7, 11) is 1.23. The van der Waals surface area contributed by atoms with E-state index in [4.69, 9.17) is 28.4 Å². The molecule has 4 fully saturated rings. The van der Waals surface area contributed by atoms with E-state index in [0.717, 1.165) is 0 Å². The first kappa shape index (κ1) is 19.6. The number of esters is 1. The molecule has 4 heterocycles. The van der Waals surface area contributed by atoms with Crippen molar-refractivity contribution in [2.45, 2.75) is 61.1 Å². The fourth-order valence-corrected chi connectivity index (χ4v) is 4.83. The highest BCUT2D eigenvalue weighted by Gasteiger charge is 2.85. The molecule has 0 aromatic heterocycles. The van der Waals surface area contributed by atoms with E-state index in [0.29, 0.717) is 0 Å². The van der Waals surface area contributed by atoms with E-state index in [-0.39, 0.29) is 5.57 Å². The number of ether oxygens (including phenoxy) is 6. The molecule has 0 aromatic carbocycles. The molecule has 1 aliphatic carbocycles. The summed E-state index contributed by atoms with van der Waals surface area (Å²) in [5.41, 5.74) is -0.931. The summed E-state index contributed by atoms with van der Waals surface area (Å²) in [6, 6.07) is 0. The minimum atomic E-state index is -1.63. The van der Waals surface area contributed by atoms with Crippen molar-refractivity contribution < 1.29 is 58.7 Å². The summed E-state index contributed by atoms with van der Waals surface area (Å²) in [6.07, 6.45) is -9.35. The second kappa shape index (κ2) is 6.57. The second-order valence-electron chi connectivity index (χ2n) is 7.80. The highest BCUT2D eigenvalue weighted by atomic mass is 16.8. The molecule has 0 radical (unpaired) electrons. The van der Waals surface area contributed by atoms with Gasteiger partial charge in [0, 0.05) is 5.92 Å². The van der Waals surface area contributed by atoms with Gasteiger partial charge in [0.25, 0.3) is 0 Å². The van der Waals surface area contributed by atoms with Crippen molar-refractivity contribution in [2.75, 3.05) is 13.7 Å². The number of carbonyl (C=O) groups is 1. The van der Waals surface area contributed by atoms with Gasteiger partial charge in [0.1, 0.15) is 30.5 Å². The SMILES string of the molecule is COC(=O)C1=CO[C@@H](O[C@@H]2O[C@H](CO)[C@@H](O)[C@H](O)[C@H]2O)[C@H]2[C@@H]1[C@@H]1O[C@@H]1[C@]21O[C@@H]1O. The number of fused-ring (bicyclic) bond motifs is 5. The van der Waals surface area contributed by atoms with Crippen LogP contribution in [-0.4, -0.2) is 106 Å². The maximum absolute atomic E-state index is 12.2. The Hall–Kier alpha value is -1.35. The van der Waals surface area contributed by atoms with Gasteiger partial charge in [-0.25, -0.2) is 4.79 Å². The Morgan fingerprint density at radius 3 is 2.48 bits per heavy atom. The molecule has 12 atom stereocenters. The normalized spacial score (nSPS) is 54.8. The number of aliphatic hydroxyl groups excluding tert-OH is 5. The average molecular weight is 418 g/mol. The maximum Gasteiger partial charge on any atom is 0.337 e. The Bertz CT molecular complexity index is 725. The van der Waals surface area contributed by atoms with Crippen molar-refractivity contribution in [1.29, 1.82) is 0 Å². The smallest absolute Gasteiger partial charge is 0.337 e. The van der Waals surface area contributed by atoms with Crippen LogP contribution in [0, 0.1) is 11.8 Å². The van der Waals surface area contributed by atoms with Crippen molar-refractivity contribution in [3.8, 4) is 0 Å². The van der Waals surface area contributed by atoms with Crippen LogP contribution in [0.2, 0.25) is 0 Å². The van der Waals surface area contributed by atoms with Crippen LogP contribution in [0.1, 0.15) is 0 Å². The zero-order valence-corrected chi connectivity index (χ0v) is 15.2. The van der Waals surface area contributed by atoms with Gasteiger partial charge in [0.2, 0.25) is 6.29 Å². The fraction of sp³-hybridized carbons (Fsp3) is 0.824. The van der Waals surface area contributed by atoms with Gasteiger partial charge in [0.15, 0.2) is 18.2 Å². The van der Waals surface area contributed by atoms with Gasteiger partial charge in [-0.05, 0) is 0 Å². The molecular formula is C17H22O12. The topological polar surface area (TPSA) is 180 Å². The summed E-state index contributed by atoms with van der Waals surface area (Å²) in [5.74, 6) is -1.85. The van der Waals surface area contributed by atoms with E-state index in [9.17, 15) is 30.3 Å². The predicted octanol–water partition coefficient (Wildman–Crippen LogP) is -3.68. The number of carbonyl (C=O) groups excluding carboxylic acids is 1. The van der Waals surface area contributed by atoms with Gasteiger partial charge in [0.05, 0.1) is 37.6 Å². The molecule has 0 amide bonds. The van der Waals surface area contributed by atoms with Gasteiger partial charge in [-0.15, -0.1) is 0 Å². The number of epoxide rings is 2. The van der Waals surface area contributed by atoms with Crippen LogP contribution < -0.4 is 0 Å². The molecule has 0 bridgehead atoms. The molecule has 4 aliphatic heterocycles. The Morgan fingerprint density at radius 2 is 1.86 bits per heavy atom. The molecule has 5 N–H and O–H groups in total. The van der Waals surface area contributed by atoms with Gasteiger partial charge < -0.3 is 54.0 Å². The molecule has 0 aromatic rings. The van der Waals surface area contributed by atoms with E-state index in [2.05, 4.69) is 0 Å². The van der Waals surface area contributed by atoms with Crippen LogP contribution in [0.4, 0.5) is 0 Å². The first-order valence-electron chi connectivity index (χ1n) is 9.26. The molecule has 12 heteroatoms. The molecule has 162 valence electrons. The molecule has 5 aliphatic rings. The lowest BCUT2D eigenvalue weighted by molar-refractivity contribution is -0.344. The standard InChI is InChI=1S/C17H22O12/c1-24-13(22)4-3-25-14(7-6(4)11-12(27-11)17(7)16(23)29-17)28-15-10(21)9(20)8(19)5(2-18)26-15/h3,5-12,14-16,18-21,23H,2H2,1H3/t5-,6-,7-,8-,9+,10-,11+,12+,14+,15+,16+,17-/m1/s1. The first-order chi connectivity index (χ1) is 13.8. The lowest BCUT2D eigenvalue weighted by Gasteiger charge is -2.43. The average Bonchev–Trinajstić information content (AvgIpc) is 3.61. The number of hydrogen-bond donors (Lipinski definition) is 5. The van der Waals surface area contributed by atoms with Crippen LogP contribution in [-0.2, 0) is 33.2 Å². The van der Waals surface area contributed by atoms with E-state index < -0.39 is 85.5 Å². The molecule has 0 unspecified atom stereocenters. The molecule has 29 heavy (non-hydrogen) atoms. The molecule has 1 saturated carbocycles. The van der Waals surface area contributed by atoms with E-state index in [1.165, 1.54) is 13.4 Å². The highest BCUT2D eigenvalue weighted by molar-refractivity contribution is 5.89. The number of rotatable bonds is 4. The van der Waals surface area contributed by atoms with Crippen molar-refractivity contribution in [3.63, 3.8) is 0 Å². The Morgan fingerprint density at radius 1 is 1.14 bits per heavy atom. The van der Waals surface area contributed by atoms with Gasteiger partial charge in [-0.3, -0.25) is 0 Å². The van der Waals surface area contributed by atoms with Crippen LogP contribution in [0.5, 0.6) is 0 Å². The van der Waals surface area contributed by atoms with Gasteiger partial charge in [-0.1, -0.05) is 0 Å². The lowest BCUT2D eigenvalue weighted by Crippen LogP contribution is -2.60. The van der Waals surface area contributed by atoms with Crippen LogP contribution in [0.3, 0.4) is 0 Å². The third kappa shape index (κ3) is 2.62. The lowest BCUT2D eigenvalue weighted by atomic mass is 9.81. The van der Waals surface area contributed by atoms with E-state index >= 15 is 0 Å². The zero-order chi connectivity index (χ0) is 20.7. The molecular weight excluding hydrogens is 396 g/mol. The quantitative estimate of drug-likeness (QED) is 0.223. The summed E-state index contributed by atoms with van der Waals surface area (Å²) >= 11 is 0. The molecule has 5 rings (SSSR count). The summed E-state index contributed by atoms with van der Waals surface area (Å²) in [4.78, 5) is 12.2. The Kier molecular flexibility index (Phi) is 4.44. The van der Waals surface area contributed by atoms with Crippen LogP contribution in [0.25, 0.3) is 0 Å². The minimum Gasteiger partial charge on any atom is -0.471 e. The third-order valence-corrected chi connectivity index (χ3v) is 6.40. The van der Waals surface area contributed by atoms with Crippen molar-refractivity contribution in [3.05, 3.63) is 11.8 Å². The van der Waals surface area contributed by atoms with Crippen molar-refractivity contribution in [2.24, 2.45) is 11.8 Å². The van der Waals surface area contributed by atoms with Crippen molar-refractivity contribution in [1.82, 2.24) is 0 Å². The summed E-state index contributed by atoms with van der Waals surface area (Å²) in [6.45, 7) is -0.613.